The van der Waals surface area contributed by atoms with Gasteiger partial charge in [0.1, 0.15) is 0 Å². The largest absolute Gasteiger partial charge is 0.337 e. The van der Waals surface area contributed by atoms with Crippen molar-refractivity contribution in [3.63, 3.8) is 0 Å². The Bertz CT molecular complexity index is 336. The van der Waals surface area contributed by atoms with Crippen LogP contribution in [-0.4, -0.2) is 47.9 Å². The van der Waals surface area contributed by atoms with Crippen LogP contribution in [0.3, 0.4) is 0 Å². The van der Waals surface area contributed by atoms with E-state index in [-0.39, 0.29) is 11.8 Å². The highest BCUT2D eigenvalue weighted by Gasteiger charge is 2.35. The molecule has 2 atom stereocenters. The minimum Gasteiger partial charge on any atom is -0.337 e. The fraction of sp³-hybridized carbons (Fsp3) is 0.857. The van der Waals surface area contributed by atoms with Crippen LogP contribution >= 0.6 is 0 Å². The molecular weight excluding hydrogens is 226 g/mol. The molecule has 0 radical (unpaired) electrons. The second-order valence-electron chi connectivity index (χ2n) is 5.53. The van der Waals surface area contributed by atoms with E-state index >= 15 is 0 Å². The molecule has 2 fully saturated rings. The highest BCUT2D eigenvalue weighted by Crippen LogP contribution is 2.24. The van der Waals surface area contributed by atoms with Gasteiger partial charge in [0.15, 0.2) is 0 Å². The van der Waals surface area contributed by atoms with Crippen molar-refractivity contribution < 1.29 is 4.79 Å². The van der Waals surface area contributed by atoms with Gasteiger partial charge < -0.3 is 9.80 Å². The molecule has 0 aliphatic carbocycles. The molecule has 0 bridgehead atoms. The van der Waals surface area contributed by atoms with Crippen LogP contribution in [0.4, 0.5) is 0 Å². The normalized spacial score (nSPS) is 29.6. The summed E-state index contributed by atoms with van der Waals surface area (Å²) in [6, 6.07) is 2.58. The Balaban J connectivity index is 1.89. The summed E-state index contributed by atoms with van der Waals surface area (Å²) in [5.41, 5.74) is 0. The van der Waals surface area contributed by atoms with Crippen molar-refractivity contribution in [1.29, 1.82) is 5.26 Å². The van der Waals surface area contributed by atoms with E-state index in [4.69, 9.17) is 5.26 Å². The molecule has 1 amide bonds. The molecule has 2 saturated heterocycles. The van der Waals surface area contributed by atoms with E-state index in [0.717, 1.165) is 19.5 Å². The third-order valence-corrected chi connectivity index (χ3v) is 4.09. The molecular formula is C14H23N3O. The lowest BCUT2D eigenvalue weighted by Crippen LogP contribution is -2.48. The molecule has 2 aliphatic heterocycles. The lowest BCUT2D eigenvalue weighted by atomic mass is 10.0. The van der Waals surface area contributed by atoms with Gasteiger partial charge in [-0.25, -0.2) is 0 Å². The number of carbonyl (C=O) groups excluding carboxylic acids is 1. The van der Waals surface area contributed by atoms with Gasteiger partial charge in [0.2, 0.25) is 5.91 Å². The second-order valence-corrected chi connectivity index (χ2v) is 5.53. The maximum atomic E-state index is 11.9. The number of hydrogen-bond donors (Lipinski definition) is 0. The summed E-state index contributed by atoms with van der Waals surface area (Å²) in [5, 5.41) is 8.93. The van der Waals surface area contributed by atoms with E-state index in [2.05, 4.69) is 17.9 Å². The Morgan fingerprint density at radius 1 is 1.44 bits per heavy atom. The van der Waals surface area contributed by atoms with E-state index in [1.165, 1.54) is 25.8 Å². The van der Waals surface area contributed by atoms with Crippen LogP contribution in [0.5, 0.6) is 0 Å². The van der Waals surface area contributed by atoms with Crippen LogP contribution in [0.2, 0.25) is 0 Å². The predicted octanol–water partition coefficient (Wildman–Crippen LogP) is 1.62. The molecule has 4 heteroatoms. The van der Waals surface area contributed by atoms with Gasteiger partial charge >= 0.3 is 0 Å². The smallest absolute Gasteiger partial charge is 0.224 e. The maximum Gasteiger partial charge on any atom is 0.224 e. The van der Waals surface area contributed by atoms with Crippen molar-refractivity contribution in [3.8, 4) is 6.07 Å². The van der Waals surface area contributed by atoms with E-state index in [1.54, 1.807) is 0 Å². The van der Waals surface area contributed by atoms with Crippen LogP contribution in [0.1, 0.15) is 39.0 Å². The molecule has 0 saturated carbocycles. The van der Waals surface area contributed by atoms with Gasteiger partial charge in [-0.15, -0.1) is 0 Å². The molecule has 4 nitrogen and oxygen atoms in total. The van der Waals surface area contributed by atoms with Crippen molar-refractivity contribution in [3.05, 3.63) is 0 Å². The van der Waals surface area contributed by atoms with E-state index in [1.807, 2.05) is 4.90 Å². The van der Waals surface area contributed by atoms with Gasteiger partial charge in [-0.2, -0.15) is 5.26 Å². The maximum absolute atomic E-state index is 11.9. The summed E-state index contributed by atoms with van der Waals surface area (Å²) >= 11 is 0. The van der Waals surface area contributed by atoms with Crippen LogP contribution in [0.25, 0.3) is 0 Å². The number of amides is 1. The monoisotopic (exact) mass is 249 g/mol. The first-order valence-corrected chi connectivity index (χ1v) is 7.16. The Morgan fingerprint density at radius 3 is 2.94 bits per heavy atom. The molecule has 2 unspecified atom stereocenters. The summed E-state index contributed by atoms with van der Waals surface area (Å²) < 4.78 is 0. The Morgan fingerprint density at radius 2 is 2.28 bits per heavy atom. The van der Waals surface area contributed by atoms with Crippen molar-refractivity contribution in [1.82, 2.24) is 9.80 Å². The topological polar surface area (TPSA) is 47.3 Å². The van der Waals surface area contributed by atoms with Crippen LogP contribution < -0.4 is 0 Å². The summed E-state index contributed by atoms with van der Waals surface area (Å²) in [6.07, 6.45) is 5.17. The van der Waals surface area contributed by atoms with Crippen molar-refractivity contribution in [2.45, 2.75) is 45.1 Å². The molecule has 2 heterocycles. The van der Waals surface area contributed by atoms with E-state index in [9.17, 15) is 4.79 Å². The van der Waals surface area contributed by atoms with Crippen molar-refractivity contribution in [2.75, 3.05) is 26.2 Å². The number of hydrogen-bond acceptors (Lipinski definition) is 3. The minimum absolute atomic E-state index is 0.0801. The quantitative estimate of drug-likeness (QED) is 0.760. The van der Waals surface area contributed by atoms with Gasteiger partial charge in [0, 0.05) is 25.6 Å². The van der Waals surface area contributed by atoms with Gasteiger partial charge in [-0.1, -0.05) is 13.3 Å². The number of carbonyl (C=O) groups is 1. The highest BCUT2D eigenvalue weighted by molar-refractivity contribution is 5.79. The van der Waals surface area contributed by atoms with Crippen LogP contribution in [0, 0.1) is 17.2 Å². The number of rotatable bonds is 4. The van der Waals surface area contributed by atoms with E-state index < -0.39 is 0 Å². The Hall–Kier alpha value is -1.08. The molecule has 18 heavy (non-hydrogen) atoms. The van der Waals surface area contributed by atoms with Crippen molar-refractivity contribution >= 4 is 5.91 Å². The van der Waals surface area contributed by atoms with Crippen molar-refractivity contribution in [2.24, 2.45) is 5.92 Å². The van der Waals surface area contributed by atoms with Crippen LogP contribution in [0.15, 0.2) is 0 Å². The Kier molecular flexibility index (Phi) is 4.60. The molecule has 0 aromatic rings. The minimum atomic E-state index is -0.0801. The lowest BCUT2D eigenvalue weighted by Gasteiger charge is -2.37. The summed E-state index contributed by atoms with van der Waals surface area (Å²) in [4.78, 5) is 16.4. The number of piperidine rings is 1. The molecule has 0 spiro atoms. The second kappa shape index (κ2) is 6.19. The zero-order valence-electron chi connectivity index (χ0n) is 11.3. The summed E-state index contributed by atoms with van der Waals surface area (Å²) in [6.45, 7) is 6.19. The predicted molar refractivity (Wildman–Crippen MR) is 69.8 cm³/mol. The zero-order chi connectivity index (χ0) is 13.0. The fourth-order valence-corrected chi connectivity index (χ4v) is 3.04. The first-order chi connectivity index (χ1) is 8.74. The van der Waals surface area contributed by atoms with Crippen LogP contribution in [-0.2, 0) is 4.79 Å². The van der Waals surface area contributed by atoms with Gasteiger partial charge in [-0.05, 0) is 32.4 Å². The Labute approximate surface area is 110 Å². The summed E-state index contributed by atoms with van der Waals surface area (Å²) in [7, 11) is 0. The SMILES string of the molecule is CCCCN1CCCC(N2CC(C#N)CC2=O)C1. The average Bonchev–Trinajstić information content (AvgIpc) is 2.78. The summed E-state index contributed by atoms with van der Waals surface area (Å²) in [5.74, 6) is 0.104. The molecule has 0 aromatic carbocycles. The number of nitrogens with zero attached hydrogens (tertiary/aromatic N) is 3. The highest BCUT2D eigenvalue weighted by atomic mass is 16.2. The first-order valence-electron chi connectivity index (χ1n) is 7.16. The zero-order valence-corrected chi connectivity index (χ0v) is 11.3. The molecule has 100 valence electrons. The van der Waals surface area contributed by atoms with Gasteiger partial charge in [0.05, 0.1) is 12.0 Å². The number of unbranched alkanes of at least 4 members (excludes halogenated alkanes) is 1. The van der Waals surface area contributed by atoms with E-state index in [0.29, 0.717) is 19.0 Å². The third kappa shape index (κ3) is 3.02. The third-order valence-electron chi connectivity index (χ3n) is 4.09. The number of nitriles is 1. The first kappa shape index (κ1) is 13.4. The molecule has 0 aromatic heterocycles. The van der Waals surface area contributed by atoms with Gasteiger partial charge in [-0.3, -0.25) is 4.79 Å². The standard InChI is InChI=1S/C14H23N3O/c1-2-3-6-16-7-4-5-13(11-16)17-10-12(9-15)8-14(17)18/h12-13H,2-8,10-11H2,1H3. The molecule has 0 N–H and O–H groups in total. The van der Waals surface area contributed by atoms with Gasteiger partial charge in [0.25, 0.3) is 0 Å². The molecule has 2 aliphatic rings. The number of likely N-dealkylation sites (tertiary alicyclic amines) is 2. The lowest BCUT2D eigenvalue weighted by molar-refractivity contribution is -0.130. The molecule has 2 rings (SSSR count). The average molecular weight is 249 g/mol. The fourth-order valence-electron chi connectivity index (χ4n) is 3.04.